The summed E-state index contributed by atoms with van der Waals surface area (Å²) in [6.45, 7) is 4.24. The molecule has 9 heteroatoms. The Labute approximate surface area is 162 Å². The minimum atomic E-state index is -0.601. The van der Waals surface area contributed by atoms with Crippen LogP contribution in [0.25, 0.3) is 0 Å². The summed E-state index contributed by atoms with van der Waals surface area (Å²) in [5.74, 6) is 0.905. The van der Waals surface area contributed by atoms with Crippen molar-refractivity contribution in [2.75, 3.05) is 32.2 Å². The van der Waals surface area contributed by atoms with Crippen LogP contribution in [0.5, 0.6) is 23.0 Å². The number of hydrogen-bond acceptors (Lipinski definition) is 7. The lowest BCUT2D eigenvalue weighted by Gasteiger charge is -2.13. The third-order valence-corrected chi connectivity index (χ3v) is 3.55. The average molecular weight is 390 g/mol. The van der Waals surface area contributed by atoms with Crippen LogP contribution in [0.15, 0.2) is 36.4 Å². The van der Waals surface area contributed by atoms with Gasteiger partial charge in [-0.05, 0) is 38.1 Å². The first kappa shape index (κ1) is 20.8. The van der Waals surface area contributed by atoms with E-state index in [0.717, 1.165) is 0 Å². The van der Waals surface area contributed by atoms with Gasteiger partial charge in [-0.3, -0.25) is 14.9 Å². The average Bonchev–Trinajstić information content (AvgIpc) is 2.68. The molecule has 2 aromatic carbocycles. The van der Waals surface area contributed by atoms with Crippen LogP contribution in [0.4, 0.5) is 11.4 Å². The Morgan fingerprint density at radius 1 is 1.00 bits per heavy atom. The molecule has 1 amide bonds. The Hall–Kier alpha value is -3.49. The number of rotatable bonds is 10. The number of nitrogens with one attached hydrogen (secondary N) is 1. The van der Waals surface area contributed by atoms with Gasteiger partial charge in [0.15, 0.2) is 23.9 Å². The summed E-state index contributed by atoms with van der Waals surface area (Å²) < 4.78 is 21.3. The van der Waals surface area contributed by atoms with Gasteiger partial charge in [0.25, 0.3) is 5.91 Å². The quantitative estimate of drug-likeness (QED) is 0.489. The van der Waals surface area contributed by atoms with Crippen LogP contribution in [0.1, 0.15) is 13.8 Å². The zero-order valence-electron chi connectivity index (χ0n) is 15.9. The highest BCUT2D eigenvalue weighted by Crippen LogP contribution is 2.32. The number of carbonyl (C=O) groups excluding carboxylic acids is 1. The Morgan fingerprint density at radius 2 is 1.68 bits per heavy atom. The van der Waals surface area contributed by atoms with E-state index in [1.54, 1.807) is 18.2 Å². The standard InChI is InChI=1S/C19H22N2O7/c1-4-26-17-8-6-13(10-18(17)27-5-2)20-19(22)12-28-16-9-7-14(25-3)11-15(16)21(23)24/h6-11H,4-5,12H2,1-3H3,(H,20,22). The van der Waals surface area contributed by atoms with E-state index in [9.17, 15) is 14.9 Å². The van der Waals surface area contributed by atoms with Crippen molar-refractivity contribution in [2.45, 2.75) is 13.8 Å². The molecule has 0 radical (unpaired) electrons. The molecule has 150 valence electrons. The molecule has 0 aromatic heterocycles. The lowest BCUT2D eigenvalue weighted by molar-refractivity contribution is -0.385. The molecule has 2 rings (SSSR count). The highest BCUT2D eigenvalue weighted by Gasteiger charge is 2.18. The summed E-state index contributed by atoms with van der Waals surface area (Å²) in [5, 5.41) is 13.8. The highest BCUT2D eigenvalue weighted by molar-refractivity contribution is 5.92. The van der Waals surface area contributed by atoms with Crippen molar-refractivity contribution in [1.82, 2.24) is 0 Å². The lowest BCUT2D eigenvalue weighted by atomic mass is 10.2. The molecule has 0 atom stereocenters. The van der Waals surface area contributed by atoms with E-state index in [1.807, 2.05) is 13.8 Å². The van der Waals surface area contributed by atoms with Gasteiger partial charge in [-0.25, -0.2) is 0 Å². The molecular weight excluding hydrogens is 368 g/mol. The van der Waals surface area contributed by atoms with Gasteiger partial charge in [0.1, 0.15) is 5.75 Å². The second-order valence-corrected chi connectivity index (χ2v) is 5.46. The molecular formula is C19H22N2O7. The van der Waals surface area contributed by atoms with Gasteiger partial charge in [0.05, 0.1) is 31.3 Å². The summed E-state index contributed by atoms with van der Waals surface area (Å²) in [7, 11) is 1.40. The molecule has 0 spiro atoms. The van der Waals surface area contributed by atoms with Gasteiger partial charge in [0.2, 0.25) is 0 Å². The number of nitro groups is 1. The van der Waals surface area contributed by atoms with Gasteiger partial charge in [-0.1, -0.05) is 0 Å². The van der Waals surface area contributed by atoms with E-state index in [4.69, 9.17) is 18.9 Å². The Morgan fingerprint density at radius 3 is 2.32 bits per heavy atom. The molecule has 0 aliphatic rings. The first-order chi connectivity index (χ1) is 13.5. The van der Waals surface area contributed by atoms with Crippen molar-refractivity contribution in [2.24, 2.45) is 0 Å². The molecule has 0 aliphatic heterocycles. The number of carbonyl (C=O) groups is 1. The summed E-state index contributed by atoms with van der Waals surface area (Å²) in [6.07, 6.45) is 0. The van der Waals surface area contributed by atoms with Gasteiger partial charge in [-0.2, -0.15) is 0 Å². The topological polar surface area (TPSA) is 109 Å². The second kappa shape index (κ2) is 10.0. The summed E-state index contributed by atoms with van der Waals surface area (Å²) in [5.41, 5.74) is 0.205. The summed E-state index contributed by atoms with van der Waals surface area (Å²) in [4.78, 5) is 22.7. The molecule has 0 unspecified atom stereocenters. The molecule has 9 nitrogen and oxygen atoms in total. The van der Waals surface area contributed by atoms with Crippen molar-refractivity contribution in [3.8, 4) is 23.0 Å². The van der Waals surface area contributed by atoms with Gasteiger partial charge >= 0.3 is 5.69 Å². The maximum Gasteiger partial charge on any atom is 0.314 e. The first-order valence-corrected chi connectivity index (χ1v) is 8.63. The zero-order valence-corrected chi connectivity index (χ0v) is 15.9. The predicted molar refractivity (Wildman–Crippen MR) is 103 cm³/mol. The third kappa shape index (κ3) is 5.50. The first-order valence-electron chi connectivity index (χ1n) is 8.63. The van der Waals surface area contributed by atoms with Gasteiger partial charge in [0, 0.05) is 11.8 Å². The van der Waals surface area contributed by atoms with Crippen molar-refractivity contribution in [1.29, 1.82) is 0 Å². The molecule has 0 heterocycles. The Kier molecular flexibility index (Phi) is 7.44. The third-order valence-electron chi connectivity index (χ3n) is 3.55. The van der Waals surface area contributed by atoms with Crippen LogP contribution < -0.4 is 24.3 Å². The van der Waals surface area contributed by atoms with Crippen LogP contribution >= 0.6 is 0 Å². The zero-order chi connectivity index (χ0) is 20.5. The van der Waals surface area contributed by atoms with Gasteiger partial charge < -0.3 is 24.3 Å². The molecule has 0 saturated heterocycles. The number of anilines is 1. The predicted octanol–water partition coefficient (Wildman–Crippen LogP) is 3.42. The molecule has 0 saturated carbocycles. The second-order valence-electron chi connectivity index (χ2n) is 5.46. The van der Waals surface area contributed by atoms with Crippen LogP contribution in [-0.2, 0) is 4.79 Å². The fourth-order valence-corrected chi connectivity index (χ4v) is 2.36. The minimum Gasteiger partial charge on any atom is -0.496 e. The van der Waals surface area contributed by atoms with Crippen LogP contribution in [0.2, 0.25) is 0 Å². The van der Waals surface area contributed by atoms with Crippen molar-refractivity contribution in [3.63, 3.8) is 0 Å². The molecule has 1 N–H and O–H groups in total. The van der Waals surface area contributed by atoms with E-state index in [0.29, 0.717) is 36.1 Å². The van der Waals surface area contributed by atoms with E-state index in [1.165, 1.54) is 25.3 Å². The molecule has 28 heavy (non-hydrogen) atoms. The number of nitrogens with zero attached hydrogens (tertiary/aromatic N) is 1. The van der Waals surface area contributed by atoms with Gasteiger partial charge in [-0.15, -0.1) is 0 Å². The van der Waals surface area contributed by atoms with E-state index >= 15 is 0 Å². The van der Waals surface area contributed by atoms with E-state index in [2.05, 4.69) is 5.32 Å². The molecule has 2 aromatic rings. The number of methoxy groups -OCH3 is 1. The van der Waals surface area contributed by atoms with Crippen molar-refractivity contribution < 1.29 is 28.7 Å². The maximum atomic E-state index is 12.2. The number of nitro benzene ring substituents is 1. The SMILES string of the molecule is CCOc1ccc(NC(=O)COc2ccc(OC)cc2[N+](=O)[O-])cc1OCC. The largest absolute Gasteiger partial charge is 0.496 e. The van der Waals surface area contributed by atoms with Crippen LogP contribution in [0.3, 0.4) is 0 Å². The van der Waals surface area contributed by atoms with Crippen molar-refractivity contribution >= 4 is 17.3 Å². The fourth-order valence-electron chi connectivity index (χ4n) is 2.36. The van der Waals surface area contributed by atoms with E-state index < -0.39 is 17.4 Å². The highest BCUT2D eigenvalue weighted by atomic mass is 16.6. The Bertz CT molecular complexity index is 839. The number of ether oxygens (including phenoxy) is 4. The Balaban J connectivity index is 2.05. The number of benzene rings is 2. The molecule has 0 fully saturated rings. The smallest absolute Gasteiger partial charge is 0.314 e. The van der Waals surface area contributed by atoms with Crippen molar-refractivity contribution in [3.05, 3.63) is 46.5 Å². The fraction of sp³-hybridized carbons (Fsp3) is 0.316. The molecule has 0 bridgehead atoms. The number of amides is 1. The van der Waals surface area contributed by atoms with Crippen LogP contribution in [-0.4, -0.2) is 37.8 Å². The normalized spacial score (nSPS) is 10.1. The lowest BCUT2D eigenvalue weighted by Crippen LogP contribution is -2.20. The van der Waals surface area contributed by atoms with E-state index in [-0.39, 0.29) is 11.4 Å². The van der Waals surface area contributed by atoms with Crippen LogP contribution in [0, 0.1) is 10.1 Å². The summed E-state index contributed by atoms with van der Waals surface area (Å²) >= 11 is 0. The maximum absolute atomic E-state index is 12.2. The molecule has 0 aliphatic carbocycles. The minimum absolute atomic E-state index is 0.0253. The summed E-state index contributed by atoms with van der Waals surface area (Å²) in [6, 6.07) is 9.13. The monoisotopic (exact) mass is 390 g/mol. The number of hydrogen-bond donors (Lipinski definition) is 1.